The molecule has 10 heteroatoms. The third-order valence-electron chi connectivity index (χ3n) is 6.17. The van der Waals surface area contributed by atoms with Crippen LogP contribution in [0.5, 0.6) is 0 Å². The number of hydrogen-bond acceptors (Lipinski definition) is 5. The van der Waals surface area contributed by atoms with Gasteiger partial charge in [-0.2, -0.15) is 0 Å². The molecule has 0 bridgehead atoms. The Morgan fingerprint density at radius 1 is 1.29 bits per heavy atom. The van der Waals surface area contributed by atoms with Gasteiger partial charge in [0.25, 0.3) is 17.7 Å². The molecule has 3 heterocycles. The van der Waals surface area contributed by atoms with Crippen LogP contribution in [0.2, 0.25) is 0 Å². The zero-order valence-corrected chi connectivity index (χ0v) is 20.0. The van der Waals surface area contributed by atoms with Gasteiger partial charge in [-0.3, -0.25) is 14.4 Å². The molecule has 0 aliphatic carbocycles. The molecular formula is C25H29FN4O5. The maximum Gasteiger partial charge on any atom is 0.256 e. The van der Waals surface area contributed by atoms with Crippen molar-refractivity contribution < 1.29 is 28.2 Å². The van der Waals surface area contributed by atoms with Crippen molar-refractivity contribution in [1.29, 1.82) is 0 Å². The molecule has 3 amide bonds. The Bertz CT molecular complexity index is 1180. The number of fused-ring (bicyclic) bond motifs is 1. The molecule has 2 aliphatic rings. The standard InChI is InChI=1S/C25H29FN4O5/c1-4-35-21(25(33)30-7-9-34-10-8-30)13-27-24(32)22-14(2)20(28-15(22)3)12-18-17-11-16(26)5-6-19(17)29-23(18)31/h5-6,11-12,21,28H,4,7-10,13H2,1-3H3,(H,27,32)(H,29,31)/b18-12-. The second kappa shape index (κ2) is 10.4. The molecule has 4 rings (SSSR count). The number of anilines is 1. The van der Waals surface area contributed by atoms with E-state index in [1.54, 1.807) is 31.7 Å². The van der Waals surface area contributed by atoms with Crippen molar-refractivity contribution in [2.45, 2.75) is 26.9 Å². The molecule has 2 aliphatic heterocycles. The molecule has 1 atom stereocenters. The van der Waals surface area contributed by atoms with Crippen molar-refractivity contribution in [3.8, 4) is 0 Å². The van der Waals surface area contributed by atoms with Crippen LogP contribution in [-0.4, -0.2) is 73.2 Å². The molecule has 3 N–H and O–H groups in total. The molecule has 0 spiro atoms. The number of aromatic nitrogens is 1. The third-order valence-corrected chi connectivity index (χ3v) is 6.17. The molecule has 1 unspecified atom stereocenters. The first kappa shape index (κ1) is 24.6. The number of carbonyl (C=O) groups is 3. The van der Waals surface area contributed by atoms with Gasteiger partial charge in [0.2, 0.25) is 0 Å². The maximum absolute atomic E-state index is 13.8. The van der Waals surface area contributed by atoms with Crippen LogP contribution in [0.3, 0.4) is 0 Å². The van der Waals surface area contributed by atoms with E-state index in [-0.39, 0.29) is 24.3 Å². The fourth-order valence-corrected chi connectivity index (χ4v) is 4.39. The highest BCUT2D eigenvalue weighted by Crippen LogP contribution is 2.34. The smallest absolute Gasteiger partial charge is 0.256 e. The van der Waals surface area contributed by atoms with Crippen LogP contribution in [0.15, 0.2) is 18.2 Å². The highest BCUT2D eigenvalue weighted by molar-refractivity contribution is 6.34. The van der Waals surface area contributed by atoms with Crippen LogP contribution >= 0.6 is 0 Å². The lowest BCUT2D eigenvalue weighted by Gasteiger charge is -2.30. The molecule has 1 aromatic heterocycles. The van der Waals surface area contributed by atoms with Gasteiger partial charge in [-0.1, -0.05) is 0 Å². The number of nitrogens with zero attached hydrogens (tertiary/aromatic N) is 1. The van der Waals surface area contributed by atoms with Crippen molar-refractivity contribution in [1.82, 2.24) is 15.2 Å². The predicted molar refractivity (Wildman–Crippen MR) is 128 cm³/mol. The summed E-state index contributed by atoms with van der Waals surface area (Å²) < 4.78 is 24.7. The van der Waals surface area contributed by atoms with Gasteiger partial charge in [-0.25, -0.2) is 4.39 Å². The lowest BCUT2D eigenvalue weighted by molar-refractivity contribution is -0.147. The van der Waals surface area contributed by atoms with Gasteiger partial charge in [0, 0.05) is 42.3 Å². The molecule has 186 valence electrons. The molecule has 0 radical (unpaired) electrons. The van der Waals surface area contributed by atoms with Crippen molar-refractivity contribution in [2.24, 2.45) is 0 Å². The Morgan fingerprint density at radius 3 is 2.74 bits per heavy atom. The maximum atomic E-state index is 13.8. The summed E-state index contributed by atoms with van der Waals surface area (Å²) in [6.07, 6.45) is 0.821. The Labute approximate surface area is 202 Å². The van der Waals surface area contributed by atoms with E-state index >= 15 is 0 Å². The SMILES string of the molecule is CCOC(CNC(=O)c1c(C)[nH]c(/C=C2\C(=O)Nc3ccc(F)cc32)c1C)C(=O)N1CCOCC1. The van der Waals surface area contributed by atoms with Gasteiger partial charge in [-0.05, 0) is 50.6 Å². The van der Waals surface area contributed by atoms with Gasteiger partial charge in [0.15, 0.2) is 6.10 Å². The normalized spacial score (nSPS) is 17.3. The van der Waals surface area contributed by atoms with E-state index in [0.717, 1.165) is 0 Å². The lowest BCUT2D eigenvalue weighted by atomic mass is 10.0. The number of aromatic amines is 1. The quantitative estimate of drug-likeness (QED) is 0.522. The first-order valence-electron chi connectivity index (χ1n) is 11.6. The fourth-order valence-electron chi connectivity index (χ4n) is 4.39. The monoisotopic (exact) mass is 484 g/mol. The number of hydrogen-bond donors (Lipinski definition) is 3. The van der Waals surface area contributed by atoms with E-state index in [1.165, 1.54) is 18.2 Å². The largest absolute Gasteiger partial charge is 0.378 e. The molecule has 1 aromatic carbocycles. The average Bonchev–Trinajstić information content (AvgIpc) is 3.31. The van der Waals surface area contributed by atoms with Gasteiger partial charge in [-0.15, -0.1) is 0 Å². The summed E-state index contributed by atoms with van der Waals surface area (Å²) in [6, 6.07) is 4.10. The second-order valence-corrected chi connectivity index (χ2v) is 8.46. The summed E-state index contributed by atoms with van der Waals surface area (Å²) in [5, 5.41) is 5.53. The Hall–Kier alpha value is -3.50. The summed E-state index contributed by atoms with van der Waals surface area (Å²) in [4.78, 5) is 43.2. The highest BCUT2D eigenvalue weighted by Gasteiger charge is 2.29. The summed E-state index contributed by atoms with van der Waals surface area (Å²) in [7, 11) is 0. The summed E-state index contributed by atoms with van der Waals surface area (Å²) in [5.41, 5.74) is 3.55. The molecule has 2 aromatic rings. The summed E-state index contributed by atoms with van der Waals surface area (Å²) >= 11 is 0. The second-order valence-electron chi connectivity index (χ2n) is 8.46. The Morgan fingerprint density at radius 2 is 2.03 bits per heavy atom. The van der Waals surface area contributed by atoms with Gasteiger partial charge < -0.3 is 30.0 Å². The molecule has 9 nitrogen and oxygen atoms in total. The van der Waals surface area contributed by atoms with Crippen molar-refractivity contribution >= 4 is 35.1 Å². The minimum atomic E-state index is -0.795. The number of H-pyrrole nitrogens is 1. The fraction of sp³-hybridized carbons (Fsp3) is 0.400. The van der Waals surface area contributed by atoms with Crippen LogP contribution in [-0.2, 0) is 19.1 Å². The van der Waals surface area contributed by atoms with Crippen LogP contribution in [0, 0.1) is 19.7 Å². The van der Waals surface area contributed by atoms with Crippen LogP contribution in [0.4, 0.5) is 10.1 Å². The van der Waals surface area contributed by atoms with E-state index < -0.39 is 11.9 Å². The summed E-state index contributed by atoms with van der Waals surface area (Å²) in [6.45, 7) is 7.62. The number of halogens is 1. The number of ether oxygens (including phenoxy) is 2. The first-order valence-corrected chi connectivity index (χ1v) is 11.6. The number of nitrogens with one attached hydrogen (secondary N) is 3. The number of rotatable bonds is 7. The van der Waals surface area contributed by atoms with Crippen molar-refractivity contribution in [3.63, 3.8) is 0 Å². The van der Waals surface area contributed by atoms with Gasteiger partial charge >= 0.3 is 0 Å². The van der Waals surface area contributed by atoms with Crippen molar-refractivity contribution in [2.75, 3.05) is 44.8 Å². The molecule has 0 saturated carbocycles. The topological polar surface area (TPSA) is 113 Å². The highest BCUT2D eigenvalue weighted by atomic mass is 19.1. The lowest BCUT2D eigenvalue weighted by Crippen LogP contribution is -2.50. The minimum Gasteiger partial charge on any atom is -0.378 e. The summed E-state index contributed by atoms with van der Waals surface area (Å²) in [5.74, 6) is -1.32. The Balaban J connectivity index is 1.51. The van der Waals surface area contributed by atoms with E-state index in [0.29, 0.717) is 72.2 Å². The number of benzene rings is 1. The predicted octanol–water partition coefficient (Wildman–Crippen LogP) is 2.26. The van der Waals surface area contributed by atoms with E-state index in [2.05, 4.69) is 15.6 Å². The first-order chi connectivity index (χ1) is 16.8. The number of morpholine rings is 1. The zero-order chi connectivity index (χ0) is 25.1. The zero-order valence-electron chi connectivity index (χ0n) is 20.0. The minimum absolute atomic E-state index is 0.0262. The molecule has 35 heavy (non-hydrogen) atoms. The van der Waals surface area contributed by atoms with Crippen molar-refractivity contribution in [3.05, 3.63) is 52.1 Å². The van der Waals surface area contributed by atoms with E-state index in [4.69, 9.17) is 9.47 Å². The molecular weight excluding hydrogens is 455 g/mol. The van der Waals surface area contributed by atoms with Crippen LogP contribution in [0.25, 0.3) is 11.6 Å². The van der Waals surface area contributed by atoms with E-state index in [9.17, 15) is 18.8 Å². The average molecular weight is 485 g/mol. The number of aryl methyl sites for hydroxylation is 1. The molecule has 1 saturated heterocycles. The van der Waals surface area contributed by atoms with E-state index in [1.807, 2.05) is 0 Å². The number of carbonyl (C=O) groups excluding carboxylic acids is 3. The van der Waals surface area contributed by atoms with Gasteiger partial charge in [0.05, 0.1) is 30.9 Å². The molecule has 1 fully saturated rings. The Kier molecular flexibility index (Phi) is 7.32. The number of amides is 3. The van der Waals surface area contributed by atoms with Crippen LogP contribution < -0.4 is 10.6 Å². The van der Waals surface area contributed by atoms with Gasteiger partial charge in [0.1, 0.15) is 5.82 Å². The third kappa shape index (κ3) is 5.13. The van der Waals surface area contributed by atoms with Crippen LogP contribution in [0.1, 0.15) is 39.8 Å².